The third-order valence-electron chi connectivity index (χ3n) is 7.15. The summed E-state index contributed by atoms with van der Waals surface area (Å²) in [5, 5.41) is 0. The van der Waals surface area contributed by atoms with E-state index < -0.39 is 52.0 Å². The average Bonchev–Trinajstić information content (AvgIpc) is 3.53. The van der Waals surface area contributed by atoms with Crippen LogP contribution in [0.3, 0.4) is 0 Å². The molecular formula is C25H42O11Si. The predicted octanol–water partition coefficient (Wildman–Crippen LogP) is 1.81. The Morgan fingerprint density at radius 2 is 1.62 bits per heavy atom. The fourth-order valence-electron chi connectivity index (χ4n) is 4.76. The Balaban J connectivity index is 1.85. The van der Waals surface area contributed by atoms with Crippen molar-refractivity contribution < 1.29 is 51.7 Å². The molecule has 0 radical (unpaired) electrons. The molecule has 1 saturated carbocycles. The Labute approximate surface area is 221 Å². The van der Waals surface area contributed by atoms with E-state index in [1.54, 1.807) is 0 Å². The molecule has 2 fully saturated rings. The van der Waals surface area contributed by atoms with Crippen molar-refractivity contribution in [3.8, 4) is 0 Å². The van der Waals surface area contributed by atoms with Crippen molar-refractivity contribution in [2.45, 2.75) is 91.8 Å². The molecule has 2 rings (SSSR count). The molecule has 8 unspecified atom stereocenters. The van der Waals surface area contributed by atoms with Crippen molar-refractivity contribution >= 4 is 33.9 Å². The Hall–Kier alpha value is -2.02. The van der Waals surface area contributed by atoms with Gasteiger partial charge >= 0.3 is 33.9 Å². The number of hydrogen-bond donors (Lipinski definition) is 0. The number of hydrogen-bond acceptors (Lipinski definition) is 11. The zero-order chi connectivity index (χ0) is 27.8. The van der Waals surface area contributed by atoms with E-state index in [2.05, 4.69) is 20.8 Å². The van der Waals surface area contributed by atoms with Gasteiger partial charge in [0.25, 0.3) is 0 Å². The molecule has 37 heavy (non-hydrogen) atoms. The molecule has 0 bridgehead atoms. The minimum absolute atomic E-state index is 0.117. The maximum Gasteiger partial charge on any atom is 0.306 e. The number of fused-ring (bicyclic) bond motifs is 1. The minimum Gasteiger partial charge on any atom is -0.466 e. The second-order valence-corrected chi connectivity index (χ2v) is 11.2. The van der Waals surface area contributed by atoms with E-state index in [1.807, 2.05) is 0 Å². The van der Waals surface area contributed by atoms with Gasteiger partial charge in [0.05, 0.1) is 6.61 Å². The molecule has 212 valence electrons. The first-order chi connectivity index (χ1) is 17.4. The van der Waals surface area contributed by atoms with Gasteiger partial charge in [-0.1, -0.05) is 20.8 Å². The molecule has 0 aromatic heterocycles. The summed E-state index contributed by atoms with van der Waals surface area (Å²) in [6.45, 7) is 12.5. The first kappa shape index (κ1) is 31.2. The molecule has 1 aliphatic heterocycles. The van der Waals surface area contributed by atoms with Crippen molar-refractivity contribution in [2.24, 2.45) is 23.7 Å². The minimum atomic E-state index is -1.49. The molecule has 1 aliphatic carbocycles. The summed E-state index contributed by atoms with van der Waals surface area (Å²) in [5.41, 5.74) is -1.06. The molecule has 0 aromatic carbocycles. The van der Waals surface area contributed by atoms with Crippen LogP contribution in [0.1, 0.15) is 67.7 Å². The van der Waals surface area contributed by atoms with Gasteiger partial charge in [0.1, 0.15) is 18.8 Å². The van der Waals surface area contributed by atoms with Gasteiger partial charge in [0, 0.05) is 46.6 Å². The summed E-state index contributed by atoms with van der Waals surface area (Å²) in [6.07, 6.45) is -0.185. The van der Waals surface area contributed by atoms with Crippen molar-refractivity contribution in [1.29, 1.82) is 0 Å². The quantitative estimate of drug-likeness (QED) is 0.129. The van der Waals surface area contributed by atoms with Crippen LogP contribution in [-0.2, 0) is 51.7 Å². The predicted molar refractivity (Wildman–Crippen MR) is 132 cm³/mol. The van der Waals surface area contributed by atoms with E-state index in [4.69, 9.17) is 32.5 Å². The fraction of sp³-hybridized carbons (Fsp3) is 0.840. The number of carbonyl (C=O) groups excluding carboxylic acids is 4. The molecule has 0 amide bonds. The highest BCUT2D eigenvalue weighted by Gasteiger charge is 2.72. The number of ether oxygens (including phenoxy) is 5. The van der Waals surface area contributed by atoms with Crippen LogP contribution in [0, 0.1) is 23.7 Å². The zero-order valence-corrected chi connectivity index (χ0v) is 24.4. The molecule has 8 atom stereocenters. The van der Waals surface area contributed by atoms with Crippen molar-refractivity contribution in [3.05, 3.63) is 0 Å². The van der Waals surface area contributed by atoms with Crippen molar-refractivity contribution in [3.63, 3.8) is 0 Å². The van der Waals surface area contributed by atoms with Crippen LogP contribution >= 0.6 is 0 Å². The third-order valence-corrected chi connectivity index (χ3v) is 8.04. The topological polar surface area (TPSA) is 133 Å². The van der Waals surface area contributed by atoms with Crippen LogP contribution in [0.4, 0.5) is 0 Å². The summed E-state index contributed by atoms with van der Waals surface area (Å²) in [6, 6.07) is 0. The molecule has 0 spiro atoms. The average molecular weight is 547 g/mol. The highest BCUT2D eigenvalue weighted by atomic mass is 28.3. The van der Waals surface area contributed by atoms with Gasteiger partial charge in [-0.05, 0) is 30.6 Å². The lowest BCUT2D eigenvalue weighted by Gasteiger charge is -2.39. The van der Waals surface area contributed by atoms with Gasteiger partial charge in [-0.3, -0.25) is 19.2 Å². The second-order valence-electron chi connectivity index (χ2n) is 10.2. The Bertz CT molecular complexity index is 804. The summed E-state index contributed by atoms with van der Waals surface area (Å²) >= 11 is 0. The summed E-state index contributed by atoms with van der Waals surface area (Å²) in [7, 11) is -1.49. The van der Waals surface area contributed by atoms with Gasteiger partial charge in [-0.2, -0.15) is 0 Å². The number of carbonyl (C=O) groups is 4. The zero-order valence-electron chi connectivity index (χ0n) is 23.0. The van der Waals surface area contributed by atoms with E-state index in [9.17, 15) is 19.2 Å². The summed E-state index contributed by atoms with van der Waals surface area (Å²) in [4.78, 5) is 45.9. The lowest BCUT2D eigenvalue weighted by atomic mass is 9.83. The van der Waals surface area contributed by atoms with Gasteiger partial charge < -0.3 is 32.5 Å². The van der Waals surface area contributed by atoms with Crippen molar-refractivity contribution in [2.75, 3.05) is 19.8 Å². The van der Waals surface area contributed by atoms with Gasteiger partial charge in [-0.25, -0.2) is 0 Å². The molecule has 0 aromatic rings. The Morgan fingerprint density at radius 1 is 0.946 bits per heavy atom. The van der Waals surface area contributed by atoms with E-state index in [1.165, 1.54) is 27.7 Å². The molecule has 11 nitrogen and oxygen atoms in total. The normalized spacial score (nSPS) is 29.1. The van der Waals surface area contributed by atoms with Gasteiger partial charge in [-0.15, -0.1) is 0 Å². The van der Waals surface area contributed by atoms with E-state index in [-0.39, 0.29) is 24.4 Å². The molecule has 12 heteroatoms. The largest absolute Gasteiger partial charge is 0.466 e. The second kappa shape index (κ2) is 14.2. The van der Waals surface area contributed by atoms with Crippen LogP contribution in [-0.4, -0.2) is 77.8 Å². The van der Waals surface area contributed by atoms with Crippen LogP contribution in [0.2, 0.25) is 0 Å². The maximum absolute atomic E-state index is 11.8. The molecule has 1 saturated heterocycles. The van der Waals surface area contributed by atoms with Crippen molar-refractivity contribution in [1.82, 2.24) is 0 Å². The summed E-state index contributed by atoms with van der Waals surface area (Å²) in [5.74, 6) is -1.00. The van der Waals surface area contributed by atoms with E-state index in [0.717, 1.165) is 12.8 Å². The SMILES string of the molecule is CC(=O)OCC(C)C(C)C(C)CCCO[SiH2]OC1OC(COC(C)=O)C(OC(C)=O)C2CC12OC(C)=O. The van der Waals surface area contributed by atoms with Crippen LogP contribution in [0.5, 0.6) is 0 Å². The Kier molecular flexibility index (Phi) is 12.0. The van der Waals surface area contributed by atoms with Gasteiger partial charge in [0.15, 0.2) is 11.9 Å². The third kappa shape index (κ3) is 9.34. The smallest absolute Gasteiger partial charge is 0.306 e. The molecule has 1 heterocycles. The maximum atomic E-state index is 11.8. The molecule has 2 aliphatic rings. The first-order valence-electron chi connectivity index (χ1n) is 12.9. The lowest BCUT2D eigenvalue weighted by molar-refractivity contribution is -0.261. The van der Waals surface area contributed by atoms with Gasteiger partial charge in [0.2, 0.25) is 0 Å². The molecular weight excluding hydrogens is 504 g/mol. The summed E-state index contributed by atoms with van der Waals surface area (Å²) < 4.78 is 39.0. The highest BCUT2D eigenvalue weighted by Crippen LogP contribution is 2.57. The monoisotopic (exact) mass is 546 g/mol. The van der Waals surface area contributed by atoms with E-state index >= 15 is 0 Å². The lowest BCUT2D eigenvalue weighted by Crippen LogP contribution is -2.54. The fourth-order valence-corrected chi connectivity index (χ4v) is 5.66. The number of rotatable bonds is 15. The van der Waals surface area contributed by atoms with E-state index in [0.29, 0.717) is 31.5 Å². The number of esters is 4. The van der Waals surface area contributed by atoms with Crippen LogP contribution < -0.4 is 0 Å². The van der Waals surface area contributed by atoms with Crippen LogP contribution in [0.15, 0.2) is 0 Å². The standard InChI is InChI=1S/C25H42O11Si/c1-14(16(3)15(2)12-30-17(4)26)9-8-10-32-37-36-24-25(35-20(7)29)11-21(25)23(33-19(6)28)22(34-24)13-31-18(5)27/h14-16,21-24H,8-13,37H2,1-7H3. The van der Waals surface area contributed by atoms with Crippen LogP contribution in [0.25, 0.3) is 0 Å². The molecule has 0 N–H and O–H groups in total. The first-order valence-corrected chi connectivity index (χ1v) is 14.0. The Morgan fingerprint density at radius 3 is 2.22 bits per heavy atom. The highest BCUT2D eigenvalue weighted by molar-refractivity contribution is 6.18.